The molecule has 0 nitrogen and oxygen atoms in total. The van der Waals surface area contributed by atoms with Crippen LogP contribution in [0.25, 0.3) is 0 Å². The Hall–Kier alpha value is -0.780. The largest absolute Gasteiger partial charge is 0.0654 e. The quantitative estimate of drug-likeness (QED) is 0.263. The summed E-state index contributed by atoms with van der Waals surface area (Å²) in [4.78, 5) is 0. The van der Waals surface area contributed by atoms with Crippen LogP contribution in [-0.4, -0.2) is 0 Å². The summed E-state index contributed by atoms with van der Waals surface area (Å²) in [6, 6.07) is 8.80. The molecule has 0 aliphatic heterocycles. The molecule has 0 N–H and O–H groups in total. The number of rotatable bonds is 16. The fraction of sp³-hybridized carbons (Fsp3) is 0.720. The SMILES string of the molecule is CCCCCCCCCCCCCCCC[C](C)c1ccccc1C. The van der Waals surface area contributed by atoms with Crippen molar-refractivity contribution < 1.29 is 0 Å². The van der Waals surface area contributed by atoms with E-state index in [0.717, 1.165) is 0 Å². The molecule has 0 amide bonds. The van der Waals surface area contributed by atoms with Gasteiger partial charge in [0, 0.05) is 5.92 Å². The molecule has 0 heteroatoms. The highest BCUT2D eigenvalue weighted by atomic mass is 14.1. The molecule has 0 spiro atoms. The van der Waals surface area contributed by atoms with Gasteiger partial charge in [-0.1, -0.05) is 128 Å². The molecule has 0 heterocycles. The van der Waals surface area contributed by atoms with E-state index in [1.165, 1.54) is 107 Å². The Morgan fingerprint density at radius 1 is 0.640 bits per heavy atom. The lowest BCUT2D eigenvalue weighted by molar-refractivity contribution is 0.534. The van der Waals surface area contributed by atoms with E-state index in [9.17, 15) is 0 Å². The van der Waals surface area contributed by atoms with Crippen molar-refractivity contribution in [1.29, 1.82) is 0 Å². The molecule has 1 aromatic carbocycles. The first kappa shape index (κ1) is 22.3. The summed E-state index contributed by atoms with van der Waals surface area (Å²) in [6.45, 7) is 6.83. The fourth-order valence-corrected chi connectivity index (χ4v) is 3.77. The summed E-state index contributed by atoms with van der Waals surface area (Å²) >= 11 is 0. The Balaban J connectivity index is 1.85. The standard InChI is InChI=1S/C25H43/c1-4-5-6-7-8-9-10-11-12-13-14-15-16-17-20-23(2)25-22-19-18-21-24(25)3/h18-19,21-22H,4-17,20H2,1-3H3. The summed E-state index contributed by atoms with van der Waals surface area (Å²) in [5, 5.41) is 0. The lowest BCUT2D eigenvalue weighted by Crippen LogP contribution is -1.97. The second kappa shape index (κ2) is 15.5. The van der Waals surface area contributed by atoms with Gasteiger partial charge in [0.15, 0.2) is 0 Å². The van der Waals surface area contributed by atoms with Crippen LogP contribution in [0.3, 0.4) is 0 Å². The molecule has 0 aliphatic carbocycles. The molecule has 0 aromatic heterocycles. The number of unbranched alkanes of at least 4 members (excludes halogenated alkanes) is 13. The molecule has 0 aliphatic rings. The maximum absolute atomic E-state index is 2.31. The summed E-state index contributed by atoms with van der Waals surface area (Å²) in [7, 11) is 0. The lowest BCUT2D eigenvalue weighted by Gasteiger charge is -2.13. The summed E-state index contributed by atoms with van der Waals surface area (Å²) < 4.78 is 0. The number of benzene rings is 1. The third-order valence-corrected chi connectivity index (χ3v) is 5.51. The minimum atomic E-state index is 1.27. The normalized spacial score (nSPS) is 11.4. The van der Waals surface area contributed by atoms with Gasteiger partial charge in [-0.05, 0) is 24.5 Å². The van der Waals surface area contributed by atoms with E-state index in [0.29, 0.717) is 0 Å². The molecule has 25 heavy (non-hydrogen) atoms. The topological polar surface area (TPSA) is 0 Å². The number of aryl methyl sites for hydroxylation is 1. The molecule has 0 saturated heterocycles. The van der Waals surface area contributed by atoms with Crippen molar-refractivity contribution >= 4 is 0 Å². The first-order valence-electron chi connectivity index (χ1n) is 11.1. The van der Waals surface area contributed by atoms with Crippen LogP contribution in [0.4, 0.5) is 0 Å². The average Bonchev–Trinajstić information content (AvgIpc) is 2.62. The van der Waals surface area contributed by atoms with Gasteiger partial charge in [-0.3, -0.25) is 0 Å². The van der Waals surface area contributed by atoms with Gasteiger partial charge in [0.05, 0.1) is 0 Å². The van der Waals surface area contributed by atoms with Crippen molar-refractivity contribution in [2.75, 3.05) is 0 Å². The molecular formula is C25H43. The Bertz CT molecular complexity index is 406. The Morgan fingerprint density at radius 2 is 1.08 bits per heavy atom. The highest BCUT2D eigenvalue weighted by molar-refractivity contribution is 5.36. The molecule has 1 rings (SSSR count). The third-order valence-electron chi connectivity index (χ3n) is 5.51. The van der Waals surface area contributed by atoms with Gasteiger partial charge >= 0.3 is 0 Å². The van der Waals surface area contributed by atoms with E-state index in [2.05, 4.69) is 45.0 Å². The van der Waals surface area contributed by atoms with Crippen molar-refractivity contribution in [2.24, 2.45) is 0 Å². The van der Waals surface area contributed by atoms with Gasteiger partial charge in [-0.25, -0.2) is 0 Å². The van der Waals surface area contributed by atoms with Crippen LogP contribution >= 0.6 is 0 Å². The number of hydrogen-bond donors (Lipinski definition) is 0. The molecule has 1 radical (unpaired) electrons. The van der Waals surface area contributed by atoms with Gasteiger partial charge < -0.3 is 0 Å². The predicted octanol–water partition coefficient (Wildman–Crippen LogP) is 8.81. The highest BCUT2D eigenvalue weighted by Crippen LogP contribution is 2.24. The maximum atomic E-state index is 2.31. The zero-order valence-electron chi connectivity index (χ0n) is 17.4. The van der Waals surface area contributed by atoms with Crippen LogP contribution in [0.15, 0.2) is 24.3 Å². The minimum absolute atomic E-state index is 1.27. The minimum Gasteiger partial charge on any atom is -0.0654 e. The van der Waals surface area contributed by atoms with Gasteiger partial charge in [0.2, 0.25) is 0 Å². The highest BCUT2D eigenvalue weighted by Gasteiger charge is 2.07. The average molecular weight is 344 g/mol. The second-order valence-electron chi connectivity index (χ2n) is 7.94. The van der Waals surface area contributed by atoms with Crippen LogP contribution in [-0.2, 0) is 0 Å². The first-order valence-corrected chi connectivity index (χ1v) is 11.1. The lowest BCUT2D eigenvalue weighted by atomic mass is 9.91. The van der Waals surface area contributed by atoms with E-state index < -0.39 is 0 Å². The van der Waals surface area contributed by atoms with Crippen LogP contribution in [0.1, 0.15) is 121 Å². The van der Waals surface area contributed by atoms with E-state index in [1.54, 1.807) is 5.92 Å². The van der Waals surface area contributed by atoms with E-state index in [4.69, 9.17) is 0 Å². The number of hydrogen-bond acceptors (Lipinski definition) is 0. The summed E-state index contributed by atoms with van der Waals surface area (Å²) in [6.07, 6.45) is 21.4. The molecule has 0 fully saturated rings. The maximum Gasteiger partial charge on any atom is 0.00216 e. The second-order valence-corrected chi connectivity index (χ2v) is 7.94. The summed E-state index contributed by atoms with van der Waals surface area (Å²) in [5.74, 6) is 1.57. The summed E-state index contributed by atoms with van der Waals surface area (Å²) in [5.41, 5.74) is 2.89. The Labute approximate surface area is 158 Å². The van der Waals surface area contributed by atoms with E-state index >= 15 is 0 Å². The molecule has 143 valence electrons. The van der Waals surface area contributed by atoms with Crippen molar-refractivity contribution in [3.63, 3.8) is 0 Å². The van der Waals surface area contributed by atoms with Gasteiger partial charge in [0.25, 0.3) is 0 Å². The molecule has 0 bridgehead atoms. The van der Waals surface area contributed by atoms with E-state index in [-0.39, 0.29) is 0 Å². The van der Waals surface area contributed by atoms with Crippen LogP contribution in [0.2, 0.25) is 0 Å². The zero-order chi connectivity index (χ0) is 18.2. The Kier molecular flexibility index (Phi) is 13.8. The molecule has 0 saturated carbocycles. The fourth-order valence-electron chi connectivity index (χ4n) is 3.77. The van der Waals surface area contributed by atoms with Crippen molar-refractivity contribution in [3.8, 4) is 0 Å². The smallest absolute Gasteiger partial charge is 0.00216 e. The monoisotopic (exact) mass is 343 g/mol. The molecule has 1 aromatic rings. The van der Waals surface area contributed by atoms with Crippen LogP contribution < -0.4 is 0 Å². The third kappa shape index (κ3) is 11.4. The van der Waals surface area contributed by atoms with Gasteiger partial charge in [-0.15, -0.1) is 0 Å². The van der Waals surface area contributed by atoms with Crippen molar-refractivity contribution in [1.82, 2.24) is 0 Å². The van der Waals surface area contributed by atoms with Crippen LogP contribution in [0.5, 0.6) is 0 Å². The molecule has 0 atom stereocenters. The van der Waals surface area contributed by atoms with E-state index in [1.807, 2.05) is 0 Å². The van der Waals surface area contributed by atoms with Gasteiger partial charge in [0.1, 0.15) is 0 Å². The van der Waals surface area contributed by atoms with Crippen LogP contribution in [0, 0.1) is 12.8 Å². The zero-order valence-corrected chi connectivity index (χ0v) is 17.4. The molecule has 0 unspecified atom stereocenters. The molecular weight excluding hydrogens is 300 g/mol. The Morgan fingerprint density at radius 3 is 1.56 bits per heavy atom. The van der Waals surface area contributed by atoms with Gasteiger partial charge in [-0.2, -0.15) is 0 Å². The predicted molar refractivity (Wildman–Crippen MR) is 114 cm³/mol. The van der Waals surface area contributed by atoms with Crippen molar-refractivity contribution in [2.45, 2.75) is 117 Å². The first-order chi connectivity index (χ1) is 12.3. The van der Waals surface area contributed by atoms with Crippen molar-refractivity contribution in [3.05, 3.63) is 41.3 Å².